The van der Waals surface area contributed by atoms with Crippen LogP contribution in [0.5, 0.6) is 0 Å². The number of aryl methyl sites for hydroxylation is 2. The number of methoxy groups -OCH3 is 1. The maximum atomic E-state index is 11.1. The number of benzene rings is 2. The van der Waals surface area contributed by atoms with E-state index >= 15 is 0 Å². The Kier molecular flexibility index (Phi) is 17.1. The summed E-state index contributed by atoms with van der Waals surface area (Å²) < 4.78 is 17.6. The second kappa shape index (κ2) is 20.9. The normalized spacial score (nSPS) is 10.9. The minimum Gasteiger partial charge on any atom is -0.469 e. The van der Waals surface area contributed by atoms with Gasteiger partial charge in [-0.15, -0.1) is 0 Å². The summed E-state index contributed by atoms with van der Waals surface area (Å²) in [6, 6.07) is 20.6. The molecule has 43 heavy (non-hydrogen) atoms. The van der Waals surface area contributed by atoms with Gasteiger partial charge < -0.3 is 24.3 Å². The van der Waals surface area contributed by atoms with Crippen LogP contribution in [0.3, 0.4) is 0 Å². The fraction of sp³-hybridized carbons (Fsp3) is 0.389. The molecule has 0 radical (unpaired) electrons. The van der Waals surface area contributed by atoms with Gasteiger partial charge in [-0.25, -0.2) is 0 Å². The lowest BCUT2D eigenvalue weighted by Gasteiger charge is -2.06. The average Bonchev–Trinajstić information content (AvgIpc) is 3.61. The molecule has 2 aromatic heterocycles. The molecule has 0 spiro atoms. The van der Waals surface area contributed by atoms with Gasteiger partial charge in [0, 0.05) is 34.1 Å². The van der Waals surface area contributed by atoms with E-state index in [0.29, 0.717) is 19.0 Å². The maximum Gasteiger partial charge on any atom is 0.307 e. The van der Waals surface area contributed by atoms with Crippen LogP contribution in [0.4, 0.5) is 0 Å². The van der Waals surface area contributed by atoms with Gasteiger partial charge in [0.05, 0.1) is 25.8 Å². The molecule has 0 unspecified atom stereocenters. The number of rotatable bonds is 15. The number of para-hydroxylation sites is 1. The highest BCUT2D eigenvalue weighted by atomic mass is 16.5. The number of nitrogens with zero attached hydrogens (tertiary/aromatic N) is 2. The lowest BCUT2D eigenvalue weighted by atomic mass is 10.1. The molecule has 7 heteroatoms. The third-order valence-corrected chi connectivity index (χ3v) is 6.77. The average molecular weight is 588 g/mol. The van der Waals surface area contributed by atoms with Gasteiger partial charge in [0.2, 0.25) is 0 Å². The summed E-state index contributed by atoms with van der Waals surface area (Å²) in [5.74, 6) is 0.398. The third-order valence-electron chi connectivity index (χ3n) is 6.77. The van der Waals surface area contributed by atoms with E-state index in [2.05, 4.69) is 64.0 Å². The Bertz CT molecular complexity index is 1460. The van der Waals surface area contributed by atoms with E-state index in [0.717, 1.165) is 67.9 Å². The molecule has 0 saturated carbocycles. The van der Waals surface area contributed by atoms with E-state index in [1.54, 1.807) is 0 Å². The van der Waals surface area contributed by atoms with Gasteiger partial charge in [-0.05, 0) is 49.9 Å². The second-order valence-electron chi connectivity index (χ2n) is 9.79. The first-order chi connectivity index (χ1) is 21.1. The van der Waals surface area contributed by atoms with Gasteiger partial charge in [-0.1, -0.05) is 99.6 Å². The molecular formula is C36H49N3O4. The van der Waals surface area contributed by atoms with Crippen molar-refractivity contribution in [3.63, 3.8) is 0 Å². The van der Waals surface area contributed by atoms with Crippen LogP contribution in [-0.4, -0.2) is 36.0 Å². The Morgan fingerprint density at radius 2 is 1.74 bits per heavy atom. The molecule has 0 fully saturated rings. The topological polar surface area (TPSA) is 92.5 Å². The highest BCUT2D eigenvalue weighted by Crippen LogP contribution is 2.13. The maximum absolute atomic E-state index is 11.1. The number of hydrogen-bond acceptors (Lipinski definition) is 6. The lowest BCUT2D eigenvalue weighted by Crippen LogP contribution is -2.28. The summed E-state index contributed by atoms with van der Waals surface area (Å²) in [4.78, 5) is 11.1. The zero-order valence-electron chi connectivity index (χ0n) is 26.2. The molecule has 0 saturated heterocycles. The number of unbranched alkanes of at least 4 members (excludes halogenated alkanes) is 3. The zero-order valence-corrected chi connectivity index (χ0v) is 26.2. The molecule has 0 aliphatic rings. The summed E-state index contributed by atoms with van der Waals surface area (Å²) in [6.45, 7) is 14.4. The SMILES string of the molecule is C=C/C=c1\c(=C)c2ccccc2n1CCCCCCc1cc(COCCC(=O)OC)on1.CC.NCCc1ccccc1. The van der Waals surface area contributed by atoms with E-state index in [1.807, 2.05) is 50.3 Å². The molecule has 4 aromatic rings. The quantitative estimate of drug-likeness (QED) is 0.133. The van der Waals surface area contributed by atoms with Gasteiger partial charge in [0.25, 0.3) is 0 Å². The summed E-state index contributed by atoms with van der Waals surface area (Å²) in [5.41, 5.74) is 8.85. The first kappa shape index (κ1) is 35.3. The van der Waals surface area contributed by atoms with Gasteiger partial charge >= 0.3 is 5.97 Å². The smallest absolute Gasteiger partial charge is 0.307 e. The Morgan fingerprint density at radius 1 is 1.02 bits per heavy atom. The number of esters is 1. The van der Waals surface area contributed by atoms with E-state index < -0.39 is 0 Å². The van der Waals surface area contributed by atoms with Gasteiger partial charge in [-0.2, -0.15) is 0 Å². The van der Waals surface area contributed by atoms with Crippen molar-refractivity contribution in [2.45, 2.75) is 71.9 Å². The van der Waals surface area contributed by atoms with Crippen molar-refractivity contribution in [2.24, 2.45) is 5.73 Å². The van der Waals surface area contributed by atoms with Crippen molar-refractivity contribution >= 4 is 29.5 Å². The molecule has 7 nitrogen and oxygen atoms in total. The van der Waals surface area contributed by atoms with Gasteiger partial charge in [0.1, 0.15) is 6.61 Å². The minimum absolute atomic E-state index is 0.236. The van der Waals surface area contributed by atoms with Crippen molar-refractivity contribution < 1.29 is 18.8 Å². The Balaban J connectivity index is 0.000000496. The Hall–Kier alpha value is -3.94. The highest BCUT2D eigenvalue weighted by molar-refractivity contribution is 5.81. The number of ether oxygens (including phenoxy) is 2. The number of aromatic nitrogens is 2. The van der Waals surface area contributed by atoms with Crippen molar-refractivity contribution in [3.05, 3.63) is 101 Å². The largest absolute Gasteiger partial charge is 0.469 e. The fourth-order valence-electron chi connectivity index (χ4n) is 4.65. The van der Waals surface area contributed by atoms with E-state index in [4.69, 9.17) is 15.0 Å². The molecule has 4 rings (SSSR count). The van der Waals surface area contributed by atoms with Crippen LogP contribution in [0, 0.1) is 0 Å². The van der Waals surface area contributed by atoms with Crippen LogP contribution in [0.25, 0.3) is 23.6 Å². The molecule has 0 atom stereocenters. The summed E-state index contributed by atoms with van der Waals surface area (Å²) >= 11 is 0. The highest BCUT2D eigenvalue weighted by Gasteiger charge is 2.07. The molecule has 232 valence electrons. The lowest BCUT2D eigenvalue weighted by molar-refractivity contribution is -0.142. The van der Waals surface area contributed by atoms with E-state index in [1.165, 1.54) is 23.6 Å². The van der Waals surface area contributed by atoms with Crippen molar-refractivity contribution in [2.75, 3.05) is 20.3 Å². The Labute approximate surface area is 256 Å². The molecule has 0 aliphatic carbocycles. The van der Waals surface area contributed by atoms with Crippen molar-refractivity contribution in [3.8, 4) is 0 Å². The number of carbonyl (C=O) groups is 1. The number of fused-ring (bicyclic) bond motifs is 1. The van der Waals surface area contributed by atoms with Crippen molar-refractivity contribution in [1.29, 1.82) is 0 Å². The van der Waals surface area contributed by atoms with Crippen LogP contribution < -0.4 is 16.3 Å². The van der Waals surface area contributed by atoms with Gasteiger partial charge in [0.15, 0.2) is 5.76 Å². The predicted molar refractivity (Wildman–Crippen MR) is 177 cm³/mol. The van der Waals surface area contributed by atoms with Gasteiger partial charge in [-0.3, -0.25) is 4.79 Å². The molecule has 2 heterocycles. The van der Waals surface area contributed by atoms with E-state index in [9.17, 15) is 4.79 Å². The van der Waals surface area contributed by atoms with Crippen LogP contribution in [0.1, 0.15) is 63.0 Å². The van der Waals surface area contributed by atoms with Crippen LogP contribution >= 0.6 is 0 Å². The number of hydrogen-bond donors (Lipinski definition) is 1. The summed E-state index contributed by atoms with van der Waals surface area (Å²) in [7, 11) is 1.37. The van der Waals surface area contributed by atoms with Crippen molar-refractivity contribution in [1.82, 2.24) is 9.72 Å². The van der Waals surface area contributed by atoms with Crippen LogP contribution in [0.2, 0.25) is 0 Å². The summed E-state index contributed by atoms with van der Waals surface area (Å²) in [5, 5.41) is 7.52. The number of carbonyl (C=O) groups excluding carboxylic acids is 1. The number of nitrogens with two attached hydrogens (primary N) is 1. The van der Waals surface area contributed by atoms with E-state index in [-0.39, 0.29) is 12.4 Å². The molecule has 0 amide bonds. The monoisotopic (exact) mass is 587 g/mol. The minimum atomic E-state index is -0.282. The molecular weight excluding hydrogens is 538 g/mol. The number of allylic oxidation sites excluding steroid dienone is 1. The third kappa shape index (κ3) is 12.1. The molecule has 2 N–H and O–H groups in total. The first-order valence-electron chi connectivity index (χ1n) is 15.3. The fourth-order valence-corrected chi connectivity index (χ4v) is 4.65. The Morgan fingerprint density at radius 3 is 2.47 bits per heavy atom. The first-order valence-corrected chi connectivity index (χ1v) is 15.3. The zero-order chi connectivity index (χ0) is 31.3. The van der Waals surface area contributed by atoms with Crippen LogP contribution in [0.15, 0.2) is 77.8 Å². The predicted octanol–water partition coefficient (Wildman–Crippen LogP) is 6.10. The second-order valence-corrected chi connectivity index (χ2v) is 9.79. The standard InChI is InChI=1S/C26H32N2O4.C8H11N.C2H6/c1-4-11-24-20(2)23-13-8-9-14-25(23)28(24)16-10-6-5-7-12-21-18-22(32-27-21)19-31-17-15-26(29)30-3;9-7-6-8-4-2-1-3-5-8;1-2/h4,8-9,11,13-14,18H,1-2,5-7,10,12,15-17,19H2,3H3;1-5H,6-7,9H2;1-2H3/b24-11+;;. The molecule has 0 aliphatic heterocycles. The molecule has 2 aromatic carbocycles. The summed E-state index contributed by atoms with van der Waals surface area (Å²) in [6.07, 6.45) is 10.4. The molecule has 0 bridgehead atoms. The van der Waals surface area contributed by atoms with Crippen LogP contribution in [-0.2, 0) is 40.3 Å².